The SMILES string of the molecule is COc1ccc(C(=O)Oc2c(Br)cc(Br)cc2/C=C2\N=C(c3cccc(OC)c3)OC2=O)cc1. The Labute approximate surface area is 212 Å². The van der Waals surface area contributed by atoms with Gasteiger partial charge in [-0.2, -0.15) is 0 Å². The summed E-state index contributed by atoms with van der Waals surface area (Å²) in [5, 5.41) is 0. The van der Waals surface area contributed by atoms with Crippen molar-refractivity contribution in [2.24, 2.45) is 4.99 Å². The smallest absolute Gasteiger partial charge is 0.363 e. The fourth-order valence-corrected chi connectivity index (χ4v) is 4.45. The van der Waals surface area contributed by atoms with Gasteiger partial charge in [0, 0.05) is 15.6 Å². The normalized spacial score (nSPS) is 13.9. The molecule has 0 bridgehead atoms. The van der Waals surface area contributed by atoms with E-state index in [1.54, 1.807) is 74.9 Å². The molecule has 0 aromatic heterocycles. The van der Waals surface area contributed by atoms with Crippen LogP contribution < -0.4 is 14.2 Å². The van der Waals surface area contributed by atoms with Crippen molar-refractivity contribution in [2.75, 3.05) is 14.2 Å². The molecule has 0 N–H and O–H groups in total. The number of hydrogen-bond donors (Lipinski definition) is 0. The van der Waals surface area contributed by atoms with E-state index in [0.717, 1.165) is 0 Å². The van der Waals surface area contributed by atoms with Crippen molar-refractivity contribution in [3.05, 3.63) is 92.0 Å². The van der Waals surface area contributed by atoms with E-state index in [-0.39, 0.29) is 17.3 Å². The van der Waals surface area contributed by atoms with Gasteiger partial charge in [0.2, 0.25) is 5.90 Å². The lowest BCUT2D eigenvalue weighted by Crippen LogP contribution is -2.10. The van der Waals surface area contributed by atoms with Crippen LogP contribution in [-0.4, -0.2) is 32.1 Å². The fourth-order valence-electron chi connectivity index (χ4n) is 3.11. The molecule has 0 saturated carbocycles. The van der Waals surface area contributed by atoms with Crippen LogP contribution in [0.4, 0.5) is 0 Å². The topological polar surface area (TPSA) is 83.4 Å². The van der Waals surface area contributed by atoms with E-state index in [0.29, 0.717) is 37.1 Å². The number of esters is 2. The molecular weight excluding hydrogens is 570 g/mol. The van der Waals surface area contributed by atoms with Gasteiger partial charge in [-0.25, -0.2) is 14.6 Å². The van der Waals surface area contributed by atoms with Crippen molar-refractivity contribution in [3.63, 3.8) is 0 Å². The largest absolute Gasteiger partial charge is 0.497 e. The van der Waals surface area contributed by atoms with Gasteiger partial charge in [-0.1, -0.05) is 22.0 Å². The third kappa shape index (κ3) is 5.21. The molecule has 0 fully saturated rings. The van der Waals surface area contributed by atoms with Crippen molar-refractivity contribution in [1.29, 1.82) is 0 Å². The molecule has 4 rings (SSSR count). The number of hydrogen-bond acceptors (Lipinski definition) is 7. The number of cyclic esters (lactones) is 1. The highest BCUT2D eigenvalue weighted by Crippen LogP contribution is 2.36. The molecule has 7 nitrogen and oxygen atoms in total. The Morgan fingerprint density at radius 2 is 1.71 bits per heavy atom. The molecule has 0 spiro atoms. The molecule has 1 heterocycles. The van der Waals surface area contributed by atoms with Crippen LogP contribution in [0.15, 0.2) is 80.3 Å². The van der Waals surface area contributed by atoms with E-state index >= 15 is 0 Å². The van der Waals surface area contributed by atoms with Crippen LogP contribution in [-0.2, 0) is 9.53 Å². The third-order valence-corrected chi connectivity index (χ3v) is 5.83. The number of rotatable bonds is 6. The number of ether oxygens (including phenoxy) is 4. The molecule has 172 valence electrons. The van der Waals surface area contributed by atoms with E-state index < -0.39 is 11.9 Å². The number of benzene rings is 3. The van der Waals surface area contributed by atoms with Gasteiger partial charge in [0.25, 0.3) is 0 Å². The number of carbonyl (C=O) groups excluding carboxylic acids is 2. The van der Waals surface area contributed by atoms with E-state index in [4.69, 9.17) is 18.9 Å². The summed E-state index contributed by atoms with van der Waals surface area (Å²) in [5.74, 6) is 0.421. The molecule has 3 aromatic carbocycles. The van der Waals surface area contributed by atoms with Crippen LogP contribution in [0.1, 0.15) is 21.5 Å². The van der Waals surface area contributed by atoms with Crippen LogP contribution in [0.25, 0.3) is 6.08 Å². The quantitative estimate of drug-likeness (QED) is 0.206. The van der Waals surface area contributed by atoms with Gasteiger partial charge in [-0.15, -0.1) is 0 Å². The summed E-state index contributed by atoms with van der Waals surface area (Å²) in [6, 6.07) is 17.0. The number of aliphatic imine (C=N–C) groups is 1. The molecule has 1 aliphatic heterocycles. The standard InChI is InChI=1S/C25H17Br2NO6/c1-31-18-8-6-14(7-9-18)24(29)33-22-16(10-17(26)13-20(22)27)12-21-25(30)34-23(28-21)15-4-3-5-19(11-15)32-2/h3-13H,1-2H3/b21-12-. The first kappa shape index (κ1) is 23.7. The van der Waals surface area contributed by atoms with Gasteiger partial charge in [0.1, 0.15) is 11.5 Å². The molecule has 9 heteroatoms. The molecule has 1 aliphatic rings. The third-order valence-electron chi connectivity index (χ3n) is 4.79. The Balaban J connectivity index is 1.68. The Hall–Kier alpha value is -3.43. The Morgan fingerprint density at radius 3 is 2.41 bits per heavy atom. The summed E-state index contributed by atoms with van der Waals surface area (Å²) >= 11 is 6.85. The van der Waals surface area contributed by atoms with Gasteiger partial charge < -0.3 is 18.9 Å². The van der Waals surface area contributed by atoms with Crippen LogP contribution in [0.5, 0.6) is 17.2 Å². The number of nitrogens with zero attached hydrogens (tertiary/aromatic N) is 1. The lowest BCUT2D eigenvalue weighted by atomic mass is 10.1. The minimum atomic E-state index is -0.624. The van der Waals surface area contributed by atoms with Gasteiger partial charge in [0.05, 0.1) is 24.3 Å². The maximum atomic E-state index is 12.8. The molecule has 0 atom stereocenters. The number of carbonyl (C=O) groups is 2. The summed E-state index contributed by atoms with van der Waals surface area (Å²) in [7, 11) is 3.09. The Morgan fingerprint density at radius 1 is 0.971 bits per heavy atom. The fraction of sp³-hybridized carbons (Fsp3) is 0.0800. The van der Waals surface area contributed by atoms with Gasteiger partial charge >= 0.3 is 11.9 Å². The van der Waals surface area contributed by atoms with Crippen LogP contribution in [0, 0.1) is 0 Å². The van der Waals surface area contributed by atoms with Crippen molar-refractivity contribution in [2.45, 2.75) is 0 Å². The molecule has 3 aromatic rings. The monoisotopic (exact) mass is 585 g/mol. The van der Waals surface area contributed by atoms with Crippen molar-refractivity contribution < 1.29 is 28.5 Å². The van der Waals surface area contributed by atoms with Crippen molar-refractivity contribution >= 4 is 55.8 Å². The second-order valence-electron chi connectivity index (χ2n) is 6.99. The summed E-state index contributed by atoms with van der Waals surface area (Å²) in [4.78, 5) is 29.6. The Kier molecular flexibility index (Phi) is 7.14. The molecule has 0 amide bonds. The first-order valence-corrected chi connectivity index (χ1v) is 11.5. The van der Waals surface area contributed by atoms with E-state index in [9.17, 15) is 9.59 Å². The lowest BCUT2D eigenvalue weighted by molar-refractivity contribution is -0.129. The van der Waals surface area contributed by atoms with Crippen LogP contribution in [0.3, 0.4) is 0 Å². The zero-order valence-corrected chi connectivity index (χ0v) is 21.2. The highest BCUT2D eigenvalue weighted by molar-refractivity contribution is 9.11. The van der Waals surface area contributed by atoms with Gasteiger partial charge in [0.15, 0.2) is 11.4 Å². The summed E-state index contributed by atoms with van der Waals surface area (Å²) in [6.07, 6.45) is 1.50. The van der Waals surface area contributed by atoms with Crippen molar-refractivity contribution in [1.82, 2.24) is 0 Å². The Bertz CT molecular complexity index is 1330. The molecule has 0 aliphatic carbocycles. The van der Waals surface area contributed by atoms with Crippen LogP contribution >= 0.6 is 31.9 Å². The molecule has 34 heavy (non-hydrogen) atoms. The highest BCUT2D eigenvalue weighted by Gasteiger charge is 2.26. The van der Waals surface area contributed by atoms with Crippen molar-refractivity contribution in [3.8, 4) is 17.2 Å². The molecule has 0 unspecified atom stereocenters. The highest BCUT2D eigenvalue weighted by atomic mass is 79.9. The number of halogens is 2. The van der Waals surface area contributed by atoms with E-state index in [1.165, 1.54) is 6.08 Å². The minimum absolute atomic E-state index is 0.0598. The zero-order chi connectivity index (χ0) is 24.2. The summed E-state index contributed by atoms with van der Waals surface area (Å²) in [5.41, 5.74) is 1.45. The first-order chi connectivity index (χ1) is 16.4. The average molecular weight is 587 g/mol. The zero-order valence-electron chi connectivity index (χ0n) is 18.0. The molecule has 0 saturated heterocycles. The van der Waals surface area contributed by atoms with E-state index in [1.807, 2.05) is 0 Å². The van der Waals surface area contributed by atoms with Gasteiger partial charge in [-0.05, 0) is 76.6 Å². The summed E-state index contributed by atoms with van der Waals surface area (Å²) in [6.45, 7) is 0. The average Bonchev–Trinajstić information content (AvgIpc) is 3.21. The molecular formula is C25H17Br2NO6. The number of methoxy groups -OCH3 is 2. The first-order valence-electron chi connectivity index (χ1n) is 9.90. The lowest BCUT2D eigenvalue weighted by Gasteiger charge is -2.11. The maximum absolute atomic E-state index is 12.8. The van der Waals surface area contributed by atoms with E-state index in [2.05, 4.69) is 36.9 Å². The molecule has 0 radical (unpaired) electrons. The summed E-state index contributed by atoms with van der Waals surface area (Å²) < 4.78 is 22.6. The minimum Gasteiger partial charge on any atom is -0.497 e. The van der Waals surface area contributed by atoms with Gasteiger partial charge in [-0.3, -0.25) is 0 Å². The second kappa shape index (κ2) is 10.2. The maximum Gasteiger partial charge on any atom is 0.363 e. The second-order valence-corrected chi connectivity index (χ2v) is 8.76. The van der Waals surface area contributed by atoms with Crippen LogP contribution in [0.2, 0.25) is 0 Å². The predicted molar refractivity (Wildman–Crippen MR) is 133 cm³/mol. The predicted octanol–water partition coefficient (Wildman–Crippen LogP) is 5.79.